The molecule has 0 atom stereocenters. The molecule has 0 saturated carbocycles. The first-order valence-corrected chi connectivity index (χ1v) is 10.4. The van der Waals surface area contributed by atoms with Crippen molar-refractivity contribution in [1.82, 2.24) is 9.66 Å². The highest BCUT2D eigenvalue weighted by Gasteiger charge is 2.16. The zero-order valence-corrected chi connectivity index (χ0v) is 17.5. The van der Waals surface area contributed by atoms with Crippen molar-refractivity contribution in [2.45, 2.75) is 19.8 Å². The molecule has 7 heteroatoms. The van der Waals surface area contributed by atoms with E-state index in [2.05, 4.69) is 17.3 Å². The zero-order chi connectivity index (χ0) is 22.5. The van der Waals surface area contributed by atoms with Gasteiger partial charge in [-0.05, 0) is 67.1 Å². The minimum Gasteiger partial charge on any atom is -0.494 e. The Morgan fingerprint density at radius 1 is 1.03 bits per heavy atom. The summed E-state index contributed by atoms with van der Waals surface area (Å²) in [5, 5.41) is 0.360. The molecule has 0 saturated heterocycles. The van der Waals surface area contributed by atoms with Gasteiger partial charge >= 0.3 is 0 Å². The van der Waals surface area contributed by atoms with E-state index in [1.54, 1.807) is 48.5 Å². The molecule has 0 aliphatic heterocycles. The van der Waals surface area contributed by atoms with E-state index in [9.17, 15) is 14.0 Å². The summed E-state index contributed by atoms with van der Waals surface area (Å²) in [6.45, 7) is 2.70. The molecule has 0 aliphatic carbocycles. The molecule has 0 aliphatic rings. The van der Waals surface area contributed by atoms with Crippen molar-refractivity contribution >= 4 is 16.8 Å². The normalized spacial score (nSPS) is 10.8. The maximum absolute atomic E-state index is 13.4. The Labute approximate surface area is 184 Å². The van der Waals surface area contributed by atoms with E-state index in [0.29, 0.717) is 34.4 Å². The molecular formula is C25H22FN3O3. The number of halogens is 1. The number of hydrogen-bond donors (Lipinski definition) is 1. The van der Waals surface area contributed by atoms with Gasteiger partial charge in [-0.3, -0.25) is 15.0 Å². The van der Waals surface area contributed by atoms with Crippen LogP contribution in [0.25, 0.3) is 22.3 Å². The molecule has 0 bridgehead atoms. The van der Waals surface area contributed by atoms with Gasteiger partial charge in [-0.25, -0.2) is 9.37 Å². The first-order chi connectivity index (χ1) is 15.6. The molecule has 0 spiro atoms. The SMILES string of the molecule is CCCCOc1ccc(C(=O)Nn2c(-c3ccc(F)cc3)nc3ccccc3c2=O)cc1. The van der Waals surface area contributed by atoms with Crippen LogP contribution in [-0.4, -0.2) is 22.2 Å². The van der Waals surface area contributed by atoms with E-state index in [4.69, 9.17) is 4.74 Å². The lowest BCUT2D eigenvalue weighted by atomic mass is 10.2. The first kappa shape index (κ1) is 21.2. The lowest BCUT2D eigenvalue weighted by Gasteiger charge is -2.15. The fourth-order valence-electron chi connectivity index (χ4n) is 3.23. The number of carbonyl (C=O) groups excluding carboxylic acids is 1. The van der Waals surface area contributed by atoms with Crippen molar-refractivity contribution in [2.24, 2.45) is 0 Å². The predicted octanol–water partition coefficient (Wildman–Crippen LogP) is 4.77. The predicted molar refractivity (Wildman–Crippen MR) is 122 cm³/mol. The van der Waals surface area contributed by atoms with Crippen LogP contribution in [0.4, 0.5) is 4.39 Å². The van der Waals surface area contributed by atoms with Crippen molar-refractivity contribution in [3.05, 3.63) is 94.5 Å². The average Bonchev–Trinajstić information content (AvgIpc) is 2.82. The summed E-state index contributed by atoms with van der Waals surface area (Å²) in [4.78, 5) is 30.6. The van der Waals surface area contributed by atoms with Crippen molar-refractivity contribution in [1.29, 1.82) is 0 Å². The highest BCUT2D eigenvalue weighted by Crippen LogP contribution is 2.19. The highest BCUT2D eigenvalue weighted by atomic mass is 19.1. The van der Waals surface area contributed by atoms with E-state index >= 15 is 0 Å². The molecule has 1 amide bonds. The first-order valence-electron chi connectivity index (χ1n) is 10.4. The number of unbranched alkanes of at least 4 members (excludes halogenated alkanes) is 1. The molecule has 1 N–H and O–H groups in total. The minimum atomic E-state index is -0.479. The van der Waals surface area contributed by atoms with Crippen LogP contribution in [0, 0.1) is 5.82 Å². The third-order valence-corrected chi connectivity index (χ3v) is 4.97. The highest BCUT2D eigenvalue weighted by molar-refractivity contribution is 6.00. The Balaban J connectivity index is 1.69. The standard InChI is InChI=1S/C25H22FN3O3/c1-2-3-16-32-20-14-10-18(11-15-20)24(30)28-29-23(17-8-12-19(26)13-9-17)27-22-7-5-4-6-21(22)25(29)31/h4-15H,2-3,16H2,1H3,(H,28,30). The summed E-state index contributed by atoms with van der Waals surface area (Å²) in [7, 11) is 0. The van der Waals surface area contributed by atoms with Gasteiger partial charge in [0.05, 0.1) is 17.5 Å². The van der Waals surface area contributed by atoms with Crippen molar-refractivity contribution in [3.8, 4) is 17.1 Å². The van der Waals surface area contributed by atoms with Gasteiger partial charge in [0.2, 0.25) is 0 Å². The van der Waals surface area contributed by atoms with Gasteiger partial charge in [0.1, 0.15) is 11.6 Å². The van der Waals surface area contributed by atoms with Gasteiger partial charge in [-0.1, -0.05) is 25.5 Å². The van der Waals surface area contributed by atoms with Crippen LogP contribution in [0.3, 0.4) is 0 Å². The van der Waals surface area contributed by atoms with Crippen molar-refractivity contribution in [2.75, 3.05) is 12.0 Å². The number of carbonyl (C=O) groups is 1. The average molecular weight is 431 g/mol. The number of benzene rings is 3. The second kappa shape index (κ2) is 9.43. The minimum absolute atomic E-state index is 0.210. The van der Waals surface area contributed by atoms with Crippen molar-refractivity contribution in [3.63, 3.8) is 0 Å². The number of fused-ring (bicyclic) bond motifs is 1. The number of ether oxygens (including phenoxy) is 1. The summed E-state index contributed by atoms with van der Waals surface area (Å²) in [6.07, 6.45) is 1.98. The number of nitrogens with zero attached hydrogens (tertiary/aromatic N) is 2. The lowest BCUT2D eigenvalue weighted by Crippen LogP contribution is -2.35. The number of nitrogens with one attached hydrogen (secondary N) is 1. The molecule has 4 rings (SSSR count). The number of para-hydroxylation sites is 1. The largest absolute Gasteiger partial charge is 0.494 e. The van der Waals surface area contributed by atoms with Gasteiger partial charge < -0.3 is 4.74 Å². The Kier molecular flexibility index (Phi) is 6.26. The molecule has 6 nitrogen and oxygen atoms in total. The maximum Gasteiger partial charge on any atom is 0.280 e. The Hall–Kier alpha value is -4.00. The van der Waals surface area contributed by atoms with Crippen LogP contribution in [-0.2, 0) is 0 Å². The molecule has 3 aromatic carbocycles. The second-order valence-corrected chi connectivity index (χ2v) is 7.27. The summed E-state index contributed by atoms with van der Waals surface area (Å²) in [6, 6.07) is 19.1. The quantitative estimate of drug-likeness (QED) is 0.428. The summed E-state index contributed by atoms with van der Waals surface area (Å²) in [5.74, 6) is -0.00511. The van der Waals surface area contributed by atoms with Gasteiger partial charge in [0.15, 0.2) is 5.82 Å². The summed E-state index contributed by atoms with van der Waals surface area (Å²) < 4.78 is 20.2. The lowest BCUT2D eigenvalue weighted by molar-refractivity contribution is 0.101. The molecule has 0 radical (unpaired) electrons. The van der Waals surface area contributed by atoms with Crippen LogP contribution in [0.15, 0.2) is 77.6 Å². The number of hydrogen-bond acceptors (Lipinski definition) is 4. The third kappa shape index (κ3) is 4.51. The summed E-state index contributed by atoms with van der Waals surface area (Å²) >= 11 is 0. The molecule has 32 heavy (non-hydrogen) atoms. The number of aromatic nitrogens is 2. The van der Waals surface area contributed by atoms with Crippen LogP contribution in [0.1, 0.15) is 30.1 Å². The fourth-order valence-corrected chi connectivity index (χ4v) is 3.23. The van der Waals surface area contributed by atoms with Gasteiger partial charge in [0.25, 0.3) is 11.5 Å². The molecule has 162 valence electrons. The van der Waals surface area contributed by atoms with E-state index in [0.717, 1.165) is 17.5 Å². The fraction of sp³-hybridized carbons (Fsp3) is 0.160. The third-order valence-electron chi connectivity index (χ3n) is 4.97. The van der Waals surface area contributed by atoms with Crippen LogP contribution in [0.5, 0.6) is 5.75 Å². The van der Waals surface area contributed by atoms with Crippen LogP contribution < -0.4 is 15.7 Å². The van der Waals surface area contributed by atoms with Crippen molar-refractivity contribution < 1.29 is 13.9 Å². The van der Waals surface area contributed by atoms with E-state index in [1.807, 2.05) is 0 Å². The molecule has 4 aromatic rings. The number of rotatable bonds is 7. The Morgan fingerprint density at radius 3 is 2.47 bits per heavy atom. The van der Waals surface area contributed by atoms with Gasteiger partial charge in [-0.15, -0.1) is 0 Å². The van der Waals surface area contributed by atoms with Crippen LogP contribution >= 0.6 is 0 Å². The maximum atomic E-state index is 13.4. The molecular weight excluding hydrogens is 409 g/mol. The monoisotopic (exact) mass is 431 g/mol. The van der Waals surface area contributed by atoms with E-state index in [1.165, 1.54) is 24.3 Å². The Morgan fingerprint density at radius 2 is 1.75 bits per heavy atom. The molecule has 1 heterocycles. The second-order valence-electron chi connectivity index (χ2n) is 7.27. The van der Waals surface area contributed by atoms with E-state index in [-0.39, 0.29) is 5.82 Å². The topological polar surface area (TPSA) is 73.2 Å². The number of amides is 1. The van der Waals surface area contributed by atoms with E-state index < -0.39 is 17.3 Å². The van der Waals surface area contributed by atoms with Gasteiger partial charge in [-0.2, -0.15) is 4.68 Å². The molecule has 0 fully saturated rings. The summed E-state index contributed by atoms with van der Waals surface area (Å²) in [5.41, 5.74) is 3.55. The molecule has 1 aromatic heterocycles. The smallest absolute Gasteiger partial charge is 0.280 e. The Bertz CT molecular complexity index is 1300. The van der Waals surface area contributed by atoms with Gasteiger partial charge in [0, 0.05) is 11.1 Å². The van der Waals surface area contributed by atoms with Crippen LogP contribution in [0.2, 0.25) is 0 Å². The zero-order valence-electron chi connectivity index (χ0n) is 17.5. The molecule has 0 unspecified atom stereocenters.